The molecule has 0 aromatic heterocycles. The van der Waals surface area contributed by atoms with Crippen LogP contribution in [0.5, 0.6) is 5.75 Å². The van der Waals surface area contributed by atoms with Gasteiger partial charge in [-0.05, 0) is 32.1 Å². The Morgan fingerprint density at radius 2 is 2.21 bits per heavy atom. The molecule has 0 saturated carbocycles. The molecule has 2 rings (SSSR count). The largest absolute Gasteiger partial charge is 0.496 e. The molecule has 1 saturated heterocycles. The number of likely N-dealkylation sites (N-methyl/N-ethyl adjacent to an activating group) is 1. The van der Waals surface area contributed by atoms with Gasteiger partial charge in [-0.3, -0.25) is 9.69 Å². The summed E-state index contributed by atoms with van der Waals surface area (Å²) in [5.74, 6) is 0.730. The van der Waals surface area contributed by atoms with Crippen LogP contribution in [0.2, 0.25) is 0 Å². The molecule has 0 spiro atoms. The van der Waals surface area contributed by atoms with Crippen molar-refractivity contribution in [2.24, 2.45) is 0 Å². The van der Waals surface area contributed by atoms with E-state index in [1.165, 1.54) is 11.8 Å². The molecule has 19 heavy (non-hydrogen) atoms. The molecule has 1 aromatic rings. The number of carbonyl (C=O) groups excluding carboxylic acids is 1. The molecule has 0 atom stereocenters. The number of benzene rings is 1. The third-order valence-electron chi connectivity index (χ3n) is 2.86. The van der Waals surface area contributed by atoms with Gasteiger partial charge in [-0.1, -0.05) is 35.6 Å². The normalized spacial score (nSPS) is 17.4. The fraction of sp³-hybridized carbons (Fsp3) is 0.286. The van der Waals surface area contributed by atoms with E-state index in [1.54, 1.807) is 12.0 Å². The second kappa shape index (κ2) is 5.75. The first-order chi connectivity index (χ1) is 9.06. The highest BCUT2D eigenvalue weighted by Gasteiger charge is 2.30. The molecular weight excluding hydrogens is 278 g/mol. The van der Waals surface area contributed by atoms with E-state index in [2.05, 4.69) is 0 Å². The lowest BCUT2D eigenvalue weighted by atomic mass is 10.1. The van der Waals surface area contributed by atoms with Crippen LogP contribution in [-0.2, 0) is 4.79 Å². The highest BCUT2D eigenvalue weighted by molar-refractivity contribution is 8.26. The summed E-state index contributed by atoms with van der Waals surface area (Å²) in [7, 11) is 1.62. The summed E-state index contributed by atoms with van der Waals surface area (Å²) in [5, 5.41) is 0. The van der Waals surface area contributed by atoms with Crippen LogP contribution >= 0.6 is 24.0 Å². The summed E-state index contributed by atoms with van der Waals surface area (Å²) in [6.07, 6.45) is 1.85. The Bertz CT molecular complexity index is 567. The minimum absolute atomic E-state index is 0.0268. The lowest BCUT2D eigenvalue weighted by Gasteiger charge is -2.10. The number of carbonyl (C=O) groups is 1. The van der Waals surface area contributed by atoms with Crippen LogP contribution in [0.1, 0.15) is 18.1 Å². The van der Waals surface area contributed by atoms with Crippen molar-refractivity contribution < 1.29 is 9.53 Å². The zero-order chi connectivity index (χ0) is 14.0. The highest BCUT2D eigenvalue weighted by atomic mass is 32.2. The van der Waals surface area contributed by atoms with Gasteiger partial charge in [0.1, 0.15) is 10.1 Å². The summed E-state index contributed by atoms with van der Waals surface area (Å²) in [6, 6.07) is 5.88. The Morgan fingerprint density at radius 3 is 2.79 bits per heavy atom. The molecule has 1 aliphatic heterocycles. The smallest absolute Gasteiger partial charge is 0.266 e. The average Bonchev–Trinajstić information content (AvgIpc) is 2.64. The number of amides is 1. The van der Waals surface area contributed by atoms with Crippen molar-refractivity contribution in [3.63, 3.8) is 0 Å². The summed E-state index contributed by atoms with van der Waals surface area (Å²) >= 11 is 6.53. The van der Waals surface area contributed by atoms with Crippen molar-refractivity contribution >= 4 is 40.3 Å². The molecule has 0 aliphatic carbocycles. The zero-order valence-corrected chi connectivity index (χ0v) is 12.7. The van der Waals surface area contributed by atoms with Crippen molar-refractivity contribution in [3.05, 3.63) is 34.2 Å². The van der Waals surface area contributed by atoms with Gasteiger partial charge in [-0.25, -0.2) is 0 Å². The Balaban J connectivity index is 2.40. The van der Waals surface area contributed by atoms with Crippen molar-refractivity contribution in [2.45, 2.75) is 13.8 Å². The first kappa shape index (κ1) is 14.1. The summed E-state index contributed by atoms with van der Waals surface area (Å²) in [4.78, 5) is 14.4. The molecule has 0 N–H and O–H groups in total. The van der Waals surface area contributed by atoms with E-state index in [1.807, 2.05) is 38.1 Å². The van der Waals surface area contributed by atoms with Gasteiger partial charge in [0.05, 0.1) is 12.0 Å². The molecule has 0 unspecified atom stereocenters. The maximum absolute atomic E-state index is 12.1. The van der Waals surface area contributed by atoms with Gasteiger partial charge in [0.15, 0.2) is 0 Å². The van der Waals surface area contributed by atoms with Gasteiger partial charge in [-0.15, -0.1) is 0 Å². The van der Waals surface area contributed by atoms with E-state index in [0.717, 1.165) is 16.9 Å². The molecule has 1 aromatic carbocycles. The number of hydrogen-bond donors (Lipinski definition) is 0. The molecule has 1 aliphatic rings. The third-order valence-corrected chi connectivity index (χ3v) is 4.24. The van der Waals surface area contributed by atoms with E-state index < -0.39 is 0 Å². The maximum atomic E-state index is 12.1. The monoisotopic (exact) mass is 293 g/mol. The van der Waals surface area contributed by atoms with Gasteiger partial charge in [0.25, 0.3) is 5.91 Å². The van der Waals surface area contributed by atoms with E-state index in [4.69, 9.17) is 17.0 Å². The lowest BCUT2D eigenvalue weighted by Crippen LogP contribution is -2.27. The fourth-order valence-electron chi connectivity index (χ4n) is 1.88. The van der Waals surface area contributed by atoms with Crippen molar-refractivity contribution in [1.82, 2.24) is 4.90 Å². The van der Waals surface area contributed by atoms with Crippen molar-refractivity contribution in [2.75, 3.05) is 13.7 Å². The molecule has 100 valence electrons. The molecule has 5 heteroatoms. The van der Waals surface area contributed by atoms with Crippen LogP contribution < -0.4 is 4.74 Å². The number of thiocarbonyl (C=S) groups is 1. The molecular formula is C14H15NO2S2. The highest BCUT2D eigenvalue weighted by Crippen LogP contribution is 2.34. The predicted molar refractivity (Wildman–Crippen MR) is 83.3 cm³/mol. The maximum Gasteiger partial charge on any atom is 0.266 e. The molecule has 3 nitrogen and oxygen atoms in total. The summed E-state index contributed by atoms with van der Waals surface area (Å²) in [6.45, 7) is 4.53. The number of thioether (sulfide) groups is 1. The number of methoxy groups -OCH3 is 1. The minimum atomic E-state index is -0.0268. The van der Waals surface area contributed by atoms with Crippen LogP contribution in [0.15, 0.2) is 23.1 Å². The minimum Gasteiger partial charge on any atom is -0.496 e. The average molecular weight is 293 g/mol. The van der Waals surface area contributed by atoms with Crippen molar-refractivity contribution in [3.8, 4) is 5.75 Å². The van der Waals surface area contributed by atoms with Gasteiger partial charge >= 0.3 is 0 Å². The number of nitrogens with zero attached hydrogens (tertiary/aromatic N) is 1. The number of aryl methyl sites for hydroxylation is 1. The second-order valence-corrected chi connectivity index (χ2v) is 5.85. The lowest BCUT2D eigenvalue weighted by molar-refractivity contribution is -0.121. The van der Waals surface area contributed by atoms with E-state index in [0.29, 0.717) is 15.8 Å². The fourth-order valence-corrected chi connectivity index (χ4v) is 3.26. The molecule has 1 amide bonds. The van der Waals surface area contributed by atoms with Gasteiger partial charge in [-0.2, -0.15) is 0 Å². The first-order valence-electron chi connectivity index (χ1n) is 5.96. The van der Waals surface area contributed by atoms with Gasteiger partial charge in [0, 0.05) is 12.1 Å². The SMILES string of the molecule is CCN1C(=O)/C(=C\c2cc(C)ccc2OC)SC1=S. The Morgan fingerprint density at radius 1 is 1.47 bits per heavy atom. The number of rotatable bonds is 3. The van der Waals surface area contributed by atoms with Crippen LogP contribution in [0.4, 0.5) is 0 Å². The zero-order valence-electron chi connectivity index (χ0n) is 11.1. The van der Waals surface area contributed by atoms with E-state index in [9.17, 15) is 4.79 Å². The number of hydrogen-bond acceptors (Lipinski definition) is 4. The van der Waals surface area contributed by atoms with Gasteiger partial charge in [0.2, 0.25) is 0 Å². The standard InChI is InChI=1S/C14H15NO2S2/c1-4-15-13(16)12(19-14(15)18)8-10-7-9(2)5-6-11(10)17-3/h5-8H,4H2,1-3H3/b12-8+. The molecule has 1 fully saturated rings. The van der Waals surface area contributed by atoms with Gasteiger partial charge < -0.3 is 4.74 Å². The van der Waals surface area contributed by atoms with Crippen molar-refractivity contribution in [1.29, 1.82) is 0 Å². The summed E-state index contributed by atoms with van der Waals surface area (Å²) < 4.78 is 5.93. The first-order valence-corrected chi connectivity index (χ1v) is 7.19. The molecule has 0 bridgehead atoms. The Labute approximate surface area is 122 Å². The van der Waals surface area contributed by atoms with Crippen LogP contribution in [0, 0.1) is 6.92 Å². The Hall–Kier alpha value is -1.33. The second-order valence-electron chi connectivity index (χ2n) is 4.17. The van der Waals surface area contributed by atoms with Crippen LogP contribution in [0.25, 0.3) is 6.08 Å². The van der Waals surface area contributed by atoms with E-state index in [-0.39, 0.29) is 5.91 Å². The van der Waals surface area contributed by atoms with E-state index >= 15 is 0 Å². The molecule has 0 radical (unpaired) electrons. The predicted octanol–water partition coefficient (Wildman–Crippen LogP) is 3.22. The topological polar surface area (TPSA) is 29.5 Å². The third kappa shape index (κ3) is 2.82. The Kier molecular flexibility index (Phi) is 4.27. The molecule has 1 heterocycles. The van der Waals surface area contributed by atoms with Crippen LogP contribution in [-0.4, -0.2) is 28.8 Å². The van der Waals surface area contributed by atoms with Crippen LogP contribution in [0.3, 0.4) is 0 Å². The quantitative estimate of drug-likeness (QED) is 0.632. The number of ether oxygens (including phenoxy) is 1. The summed E-state index contributed by atoms with van der Waals surface area (Å²) in [5.41, 5.74) is 2.03.